The van der Waals surface area contributed by atoms with E-state index in [9.17, 15) is 13.2 Å². The highest BCUT2D eigenvalue weighted by atomic mass is 32.2. The Morgan fingerprint density at radius 2 is 1.68 bits per heavy atom. The number of nitrogens with one attached hydrogen (secondary N) is 1. The first-order chi connectivity index (χ1) is 16.5. The third kappa shape index (κ3) is 4.49. The summed E-state index contributed by atoms with van der Waals surface area (Å²) in [5, 5.41) is 2.77. The fourth-order valence-electron chi connectivity index (χ4n) is 4.01. The summed E-state index contributed by atoms with van der Waals surface area (Å²) in [5.41, 5.74) is 1.98. The summed E-state index contributed by atoms with van der Waals surface area (Å²) in [5.74, 6) is 0.201. The number of hydrogen-bond acceptors (Lipinski definition) is 7. The molecule has 0 radical (unpaired) electrons. The average Bonchev–Trinajstić information content (AvgIpc) is 3.36. The van der Waals surface area contributed by atoms with Gasteiger partial charge in [0.15, 0.2) is 0 Å². The number of aromatic nitrogens is 4. The second kappa shape index (κ2) is 9.22. The number of anilines is 1. The lowest BCUT2D eigenvalue weighted by atomic mass is 10.1. The molecule has 0 spiro atoms. The van der Waals surface area contributed by atoms with Crippen LogP contribution in [0.3, 0.4) is 0 Å². The van der Waals surface area contributed by atoms with Crippen LogP contribution in [0.2, 0.25) is 0 Å². The zero-order valence-electron chi connectivity index (χ0n) is 18.5. The number of carbonyl (C=O) groups excluding carboxylic acids is 1. The summed E-state index contributed by atoms with van der Waals surface area (Å²) in [6, 6.07) is 10.2. The maximum absolute atomic E-state index is 13.0. The van der Waals surface area contributed by atoms with E-state index < -0.39 is 9.84 Å². The summed E-state index contributed by atoms with van der Waals surface area (Å²) in [6.45, 7) is 2.16. The van der Waals surface area contributed by atoms with Crippen molar-refractivity contribution in [3.8, 4) is 0 Å². The van der Waals surface area contributed by atoms with Crippen LogP contribution in [0.25, 0.3) is 5.78 Å². The molecule has 34 heavy (non-hydrogen) atoms. The summed E-state index contributed by atoms with van der Waals surface area (Å²) in [6.07, 6.45) is 11.3. The third-order valence-corrected chi connectivity index (χ3v) is 7.67. The highest BCUT2D eigenvalue weighted by molar-refractivity contribution is 7.91. The SMILES string of the molecule is O=C(NCc1ccc(S(=O)(=O)c2ccc(N3CCCCC3)cc2)cn1)c1cnc2nccn2c1. The molecule has 10 heteroatoms. The molecule has 1 fully saturated rings. The van der Waals surface area contributed by atoms with Gasteiger partial charge in [-0.1, -0.05) is 0 Å². The molecule has 5 rings (SSSR count). The molecule has 9 nitrogen and oxygen atoms in total. The van der Waals surface area contributed by atoms with E-state index in [1.807, 2.05) is 12.1 Å². The van der Waals surface area contributed by atoms with Gasteiger partial charge in [0.25, 0.3) is 5.91 Å². The third-order valence-electron chi connectivity index (χ3n) is 5.91. The first kappa shape index (κ1) is 22.0. The summed E-state index contributed by atoms with van der Waals surface area (Å²) in [4.78, 5) is 27.5. The molecule has 1 aromatic carbocycles. The van der Waals surface area contributed by atoms with Gasteiger partial charge in [-0.25, -0.2) is 18.4 Å². The Morgan fingerprint density at radius 3 is 2.41 bits per heavy atom. The largest absolute Gasteiger partial charge is 0.372 e. The molecular formula is C24H24N6O3S. The van der Waals surface area contributed by atoms with Gasteiger partial charge in [-0.15, -0.1) is 0 Å². The van der Waals surface area contributed by atoms with Crippen molar-refractivity contribution in [2.24, 2.45) is 0 Å². The molecular weight excluding hydrogens is 452 g/mol. The predicted molar refractivity (Wildman–Crippen MR) is 126 cm³/mol. The second-order valence-electron chi connectivity index (χ2n) is 8.19. The molecule has 0 bridgehead atoms. The molecule has 1 aliphatic heterocycles. The molecule has 0 atom stereocenters. The number of rotatable bonds is 6. The van der Waals surface area contributed by atoms with Crippen molar-refractivity contribution in [1.82, 2.24) is 24.7 Å². The molecule has 0 saturated carbocycles. The van der Waals surface area contributed by atoms with Gasteiger partial charge in [0.05, 0.1) is 27.6 Å². The van der Waals surface area contributed by atoms with Gasteiger partial charge in [-0.05, 0) is 55.7 Å². The monoisotopic (exact) mass is 476 g/mol. The standard InChI is InChI=1S/C24H24N6O3S/c31-23(18-14-28-24-25-10-13-30(24)17-18)27-15-19-4-7-22(16-26-19)34(32,33)21-8-5-20(6-9-21)29-11-2-1-3-12-29/h4-10,13-14,16-17H,1-3,11-12,15H2,(H,27,31). The Hall–Kier alpha value is -3.79. The Kier molecular flexibility index (Phi) is 5.97. The van der Waals surface area contributed by atoms with Gasteiger partial charge < -0.3 is 10.2 Å². The van der Waals surface area contributed by atoms with Crippen molar-refractivity contribution in [1.29, 1.82) is 0 Å². The van der Waals surface area contributed by atoms with E-state index in [0.29, 0.717) is 17.0 Å². The number of benzene rings is 1. The molecule has 0 unspecified atom stereocenters. The van der Waals surface area contributed by atoms with Crippen molar-refractivity contribution in [2.75, 3.05) is 18.0 Å². The number of carbonyl (C=O) groups is 1. The van der Waals surface area contributed by atoms with Crippen molar-refractivity contribution in [2.45, 2.75) is 35.6 Å². The normalized spacial score (nSPS) is 14.3. The molecule has 174 valence electrons. The van der Waals surface area contributed by atoms with Gasteiger partial charge >= 0.3 is 0 Å². The Labute approximate surface area is 197 Å². The van der Waals surface area contributed by atoms with Crippen molar-refractivity contribution < 1.29 is 13.2 Å². The summed E-state index contributed by atoms with van der Waals surface area (Å²) < 4.78 is 27.7. The van der Waals surface area contributed by atoms with Crippen LogP contribution in [0, 0.1) is 0 Å². The van der Waals surface area contributed by atoms with Crippen LogP contribution in [0.5, 0.6) is 0 Å². The van der Waals surface area contributed by atoms with Crippen molar-refractivity contribution in [3.05, 3.63) is 78.6 Å². The van der Waals surface area contributed by atoms with Crippen LogP contribution in [0.1, 0.15) is 35.3 Å². The van der Waals surface area contributed by atoms with Gasteiger partial charge in [-0.2, -0.15) is 0 Å². The number of fused-ring (bicyclic) bond motifs is 1. The quantitative estimate of drug-likeness (QED) is 0.456. The van der Waals surface area contributed by atoms with Gasteiger partial charge in [0, 0.05) is 49.8 Å². The maximum Gasteiger partial charge on any atom is 0.254 e. The minimum absolute atomic E-state index is 0.114. The zero-order chi connectivity index (χ0) is 23.5. The Morgan fingerprint density at radius 1 is 0.912 bits per heavy atom. The van der Waals surface area contributed by atoms with E-state index in [2.05, 4.69) is 25.2 Å². The fraction of sp³-hybridized carbons (Fsp3) is 0.250. The lowest BCUT2D eigenvalue weighted by molar-refractivity contribution is 0.0949. The van der Waals surface area contributed by atoms with Crippen molar-refractivity contribution >= 4 is 27.2 Å². The van der Waals surface area contributed by atoms with Gasteiger partial charge in [0.2, 0.25) is 15.6 Å². The molecule has 1 saturated heterocycles. The number of pyridine rings is 1. The number of sulfone groups is 1. The molecule has 1 N–H and O–H groups in total. The van der Waals surface area contributed by atoms with Gasteiger partial charge in [-0.3, -0.25) is 14.2 Å². The Bertz CT molecular complexity index is 1410. The Balaban J connectivity index is 1.24. The first-order valence-corrected chi connectivity index (χ1v) is 12.6. The smallest absolute Gasteiger partial charge is 0.254 e. The first-order valence-electron chi connectivity index (χ1n) is 11.1. The predicted octanol–water partition coefficient (Wildman–Crippen LogP) is 2.88. The number of piperidine rings is 1. The van der Waals surface area contributed by atoms with E-state index in [1.165, 1.54) is 24.9 Å². The summed E-state index contributed by atoms with van der Waals surface area (Å²) in [7, 11) is -3.68. The molecule has 1 aliphatic rings. The average molecular weight is 477 g/mol. The highest BCUT2D eigenvalue weighted by Gasteiger charge is 2.19. The minimum atomic E-state index is -3.68. The number of amides is 1. The van der Waals surface area contributed by atoms with Crippen LogP contribution in [0.4, 0.5) is 5.69 Å². The van der Waals surface area contributed by atoms with Crippen LogP contribution in [-0.4, -0.2) is 46.8 Å². The van der Waals surface area contributed by atoms with E-state index in [0.717, 1.165) is 31.6 Å². The maximum atomic E-state index is 13.0. The number of hydrogen-bond donors (Lipinski definition) is 1. The summed E-state index contributed by atoms with van der Waals surface area (Å²) >= 11 is 0. The number of imidazole rings is 1. The molecule has 3 aromatic heterocycles. The fourth-order valence-corrected chi connectivity index (χ4v) is 5.21. The lowest BCUT2D eigenvalue weighted by Crippen LogP contribution is -2.29. The minimum Gasteiger partial charge on any atom is -0.372 e. The molecule has 1 amide bonds. The zero-order valence-corrected chi connectivity index (χ0v) is 19.3. The van der Waals surface area contributed by atoms with Gasteiger partial charge in [0.1, 0.15) is 0 Å². The lowest BCUT2D eigenvalue weighted by Gasteiger charge is -2.28. The molecule has 4 aromatic rings. The topological polar surface area (TPSA) is 110 Å². The highest BCUT2D eigenvalue weighted by Crippen LogP contribution is 2.25. The second-order valence-corrected chi connectivity index (χ2v) is 10.1. The van der Waals surface area contributed by atoms with E-state index in [4.69, 9.17) is 0 Å². The number of nitrogens with zero attached hydrogens (tertiary/aromatic N) is 5. The van der Waals surface area contributed by atoms with Crippen LogP contribution >= 0.6 is 0 Å². The van der Waals surface area contributed by atoms with E-state index in [-0.39, 0.29) is 22.2 Å². The molecule has 4 heterocycles. The molecule has 0 aliphatic carbocycles. The van der Waals surface area contributed by atoms with Crippen LogP contribution < -0.4 is 10.2 Å². The van der Waals surface area contributed by atoms with Crippen LogP contribution in [-0.2, 0) is 16.4 Å². The van der Waals surface area contributed by atoms with E-state index in [1.54, 1.807) is 41.2 Å². The van der Waals surface area contributed by atoms with E-state index >= 15 is 0 Å². The van der Waals surface area contributed by atoms with Crippen LogP contribution in [0.15, 0.2) is 77.2 Å². The van der Waals surface area contributed by atoms with Crippen molar-refractivity contribution in [3.63, 3.8) is 0 Å².